The molecule has 0 saturated carbocycles. The number of rotatable bonds is 5. The monoisotopic (exact) mass is 223 g/mol. The Morgan fingerprint density at radius 1 is 1.43 bits per heavy atom. The van der Waals surface area contributed by atoms with Gasteiger partial charge in [-0.25, -0.2) is 0 Å². The molecular formula is C8H18NO4P. The Kier molecular flexibility index (Phi) is 4.81. The summed E-state index contributed by atoms with van der Waals surface area (Å²) in [5.41, 5.74) is 2.46. The third kappa shape index (κ3) is 2.82. The summed E-state index contributed by atoms with van der Waals surface area (Å²) in [6, 6.07) is 0. The van der Waals surface area contributed by atoms with Crippen molar-refractivity contribution in [3.63, 3.8) is 0 Å². The molecule has 0 aromatic rings. The van der Waals surface area contributed by atoms with E-state index in [9.17, 15) is 4.57 Å². The first-order valence-corrected chi connectivity index (χ1v) is 5.68. The molecule has 6 heteroatoms. The molecule has 0 aliphatic carbocycles. The Morgan fingerprint density at radius 2 is 1.86 bits per heavy atom. The van der Waals surface area contributed by atoms with Crippen molar-refractivity contribution in [3.8, 4) is 0 Å². The molecule has 84 valence electrons. The zero-order chi connectivity index (χ0) is 11.4. The Labute approximate surface area is 84.6 Å². The van der Waals surface area contributed by atoms with Gasteiger partial charge in [0.25, 0.3) is 0 Å². The van der Waals surface area contributed by atoms with Crippen LogP contribution in [0.4, 0.5) is 0 Å². The van der Waals surface area contributed by atoms with Crippen molar-refractivity contribution in [2.45, 2.75) is 25.9 Å². The van der Waals surface area contributed by atoms with Gasteiger partial charge in [-0.2, -0.15) is 0 Å². The summed E-state index contributed by atoms with van der Waals surface area (Å²) in [6.07, 6.45) is 1.60. The normalized spacial score (nSPS) is 14.3. The van der Waals surface area contributed by atoms with E-state index in [1.807, 2.05) is 5.48 Å². The quantitative estimate of drug-likeness (QED) is 0.552. The molecule has 0 aromatic carbocycles. The number of hydroxylamine groups is 1. The standard InChI is InChI=1S/C8H18NO4P/c1-7(9-10)6-8(2,3)14(11,12-4)13-5/h6,9-10H,1-5H3. The van der Waals surface area contributed by atoms with Gasteiger partial charge in [-0.1, -0.05) is 0 Å². The van der Waals surface area contributed by atoms with Crippen LogP contribution in [0, 0.1) is 0 Å². The average Bonchev–Trinajstić information content (AvgIpc) is 2.15. The minimum atomic E-state index is -3.18. The molecule has 5 nitrogen and oxygen atoms in total. The van der Waals surface area contributed by atoms with Crippen LogP contribution in [-0.2, 0) is 13.6 Å². The summed E-state index contributed by atoms with van der Waals surface area (Å²) >= 11 is 0. The van der Waals surface area contributed by atoms with Gasteiger partial charge in [0, 0.05) is 19.9 Å². The number of hydrogen-bond donors (Lipinski definition) is 2. The lowest BCUT2D eigenvalue weighted by Gasteiger charge is -2.28. The molecule has 0 unspecified atom stereocenters. The molecule has 14 heavy (non-hydrogen) atoms. The number of allylic oxidation sites excluding steroid dienone is 2. The molecule has 0 rings (SSSR count). The molecule has 0 aromatic heterocycles. The minimum Gasteiger partial charge on any atom is -0.311 e. The number of nitrogens with one attached hydrogen (secondary N) is 1. The van der Waals surface area contributed by atoms with Gasteiger partial charge in [0.05, 0.1) is 5.16 Å². The molecular weight excluding hydrogens is 205 g/mol. The van der Waals surface area contributed by atoms with E-state index in [0.717, 1.165) is 0 Å². The van der Waals surface area contributed by atoms with Crippen molar-refractivity contribution in [2.75, 3.05) is 14.2 Å². The second-order valence-electron chi connectivity index (χ2n) is 3.46. The molecule has 0 fully saturated rings. The van der Waals surface area contributed by atoms with Crippen LogP contribution in [0.2, 0.25) is 0 Å². The molecule has 0 aliphatic rings. The van der Waals surface area contributed by atoms with Crippen LogP contribution in [0.25, 0.3) is 0 Å². The van der Waals surface area contributed by atoms with Gasteiger partial charge < -0.3 is 9.05 Å². The maximum absolute atomic E-state index is 12.0. The third-order valence-electron chi connectivity index (χ3n) is 1.93. The van der Waals surface area contributed by atoms with Crippen LogP contribution in [0.3, 0.4) is 0 Å². The van der Waals surface area contributed by atoms with Gasteiger partial charge in [0.15, 0.2) is 0 Å². The van der Waals surface area contributed by atoms with E-state index in [1.165, 1.54) is 14.2 Å². The average molecular weight is 223 g/mol. The smallest absolute Gasteiger partial charge is 0.311 e. The summed E-state index contributed by atoms with van der Waals surface area (Å²) in [5, 5.41) is 7.82. The van der Waals surface area contributed by atoms with Crippen molar-refractivity contribution < 1.29 is 18.8 Å². The number of hydrogen-bond acceptors (Lipinski definition) is 5. The summed E-state index contributed by atoms with van der Waals surface area (Å²) < 4.78 is 21.8. The maximum Gasteiger partial charge on any atom is 0.339 e. The first kappa shape index (κ1) is 13.7. The largest absolute Gasteiger partial charge is 0.339 e. The van der Waals surface area contributed by atoms with Crippen LogP contribution < -0.4 is 5.48 Å². The van der Waals surface area contributed by atoms with E-state index < -0.39 is 12.8 Å². The first-order chi connectivity index (χ1) is 6.33. The van der Waals surface area contributed by atoms with Crippen LogP contribution in [-0.4, -0.2) is 24.6 Å². The van der Waals surface area contributed by atoms with Gasteiger partial charge in [0.2, 0.25) is 0 Å². The van der Waals surface area contributed by atoms with E-state index in [2.05, 4.69) is 0 Å². The minimum absolute atomic E-state index is 0.490. The first-order valence-electron chi connectivity index (χ1n) is 4.14. The van der Waals surface area contributed by atoms with Gasteiger partial charge in [-0.05, 0) is 26.8 Å². The van der Waals surface area contributed by atoms with Crippen LogP contribution >= 0.6 is 7.60 Å². The van der Waals surface area contributed by atoms with Crippen LogP contribution in [0.1, 0.15) is 20.8 Å². The highest BCUT2D eigenvalue weighted by Crippen LogP contribution is 2.59. The van der Waals surface area contributed by atoms with Crippen molar-refractivity contribution in [1.29, 1.82) is 0 Å². The highest BCUT2D eigenvalue weighted by atomic mass is 31.2. The molecule has 0 bridgehead atoms. The second kappa shape index (κ2) is 4.94. The predicted octanol–water partition coefficient (Wildman–Crippen LogP) is 2.13. The zero-order valence-corrected chi connectivity index (χ0v) is 10.1. The second-order valence-corrected chi connectivity index (χ2v) is 6.33. The summed E-state index contributed by atoms with van der Waals surface area (Å²) in [5.74, 6) is 0. The van der Waals surface area contributed by atoms with Gasteiger partial charge in [-0.3, -0.25) is 15.3 Å². The Bertz CT molecular complexity index is 254. The SMILES string of the molecule is COP(=O)(OC)C(C)(C)C=C(C)NO. The molecule has 2 N–H and O–H groups in total. The molecule has 0 saturated heterocycles. The molecule has 0 atom stereocenters. The summed E-state index contributed by atoms with van der Waals surface area (Å²) in [7, 11) is -0.509. The highest BCUT2D eigenvalue weighted by Gasteiger charge is 2.40. The zero-order valence-electron chi connectivity index (χ0n) is 9.20. The van der Waals surface area contributed by atoms with Crippen molar-refractivity contribution in [3.05, 3.63) is 11.8 Å². The lowest BCUT2D eigenvalue weighted by molar-refractivity contribution is 0.199. The topological polar surface area (TPSA) is 67.8 Å². The molecule has 0 amide bonds. The molecule has 0 spiro atoms. The third-order valence-corrected chi connectivity index (χ3v) is 4.43. The lowest BCUT2D eigenvalue weighted by Crippen LogP contribution is -2.21. The fourth-order valence-electron chi connectivity index (χ4n) is 1.19. The van der Waals surface area contributed by atoms with Crippen molar-refractivity contribution in [1.82, 2.24) is 5.48 Å². The summed E-state index contributed by atoms with van der Waals surface area (Å²) in [4.78, 5) is 0. The molecule has 0 aliphatic heterocycles. The van der Waals surface area contributed by atoms with Gasteiger partial charge in [0.1, 0.15) is 0 Å². The van der Waals surface area contributed by atoms with E-state index in [1.54, 1.807) is 26.8 Å². The Morgan fingerprint density at radius 3 is 2.14 bits per heavy atom. The van der Waals surface area contributed by atoms with E-state index in [4.69, 9.17) is 14.3 Å². The molecule has 0 heterocycles. The Hall–Kier alpha value is -0.350. The van der Waals surface area contributed by atoms with E-state index in [0.29, 0.717) is 5.70 Å². The van der Waals surface area contributed by atoms with Crippen molar-refractivity contribution >= 4 is 7.60 Å². The maximum atomic E-state index is 12.0. The fraction of sp³-hybridized carbons (Fsp3) is 0.750. The van der Waals surface area contributed by atoms with Crippen LogP contribution in [0.15, 0.2) is 11.8 Å². The summed E-state index contributed by atoms with van der Waals surface area (Å²) in [6.45, 7) is 5.07. The van der Waals surface area contributed by atoms with Gasteiger partial charge in [-0.15, -0.1) is 0 Å². The Balaban J connectivity index is 5.03. The van der Waals surface area contributed by atoms with E-state index in [-0.39, 0.29) is 0 Å². The lowest BCUT2D eigenvalue weighted by atomic mass is 10.2. The van der Waals surface area contributed by atoms with Crippen molar-refractivity contribution in [2.24, 2.45) is 0 Å². The van der Waals surface area contributed by atoms with Gasteiger partial charge >= 0.3 is 7.60 Å². The highest BCUT2D eigenvalue weighted by molar-refractivity contribution is 7.55. The predicted molar refractivity (Wildman–Crippen MR) is 54.4 cm³/mol. The van der Waals surface area contributed by atoms with Crippen LogP contribution in [0.5, 0.6) is 0 Å². The van der Waals surface area contributed by atoms with E-state index >= 15 is 0 Å². The fourth-order valence-corrected chi connectivity index (χ4v) is 2.63. The molecule has 0 radical (unpaired) electrons.